The van der Waals surface area contributed by atoms with Gasteiger partial charge in [0, 0.05) is 34.7 Å². The van der Waals surface area contributed by atoms with Gasteiger partial charge in [-0.05, 0) is 19.9 Å². The summed E-state index contributed by atoms with van der Waals surface area (Å²) >= 11 is -0.310. The Bertz CT molecular complexity index is 1150. The van der Waals surface area contributed by atoms with Crippen molar-refractivity contribution in [3.05, 3.63) is 30.9 Å². The second-order valence-electron chi connectivity index (χ2n) is 6.59. The van der Waals surface area contributed by atoms with Crippen LogP contribution in [-0.2, 0) is 10.7 Å². The number of aromatic nitrogens is 4. The van der Waals surface area contributed by atoms with E-state index >= 15 is 0 Å². The first-order chi connectivity index (χ1) is 14.0. The summed E-state index contributed by atoms with van der Waals surface area (Å²) in [6.07, 6.45) is 4.30. The fraction of sp³-hybridized carbons (Fsp3) is 0.333. The highest BCUT2D eigenvalue weighted by atomic mass is 32.2. The molecule has 0 aromatic carbocycles. The van der Waals surface area contributed by atoms with Crippen molar-refractivity contribution < 1.29 is 17.9 Å². The highest BCUT2D eigenvalue weighted by Crippen LogP contribution is 2.36. The zero-order valence-corrected chi connectivity index (χ0v) is 17.8. The van der Waals surface area contributed by atoms with E-state index in [-0.39, 0.29) is 22.4 Å². The summed E-state index contributed by atoms with van der Waals surface area (Å²) in [6.45, 7) is 5.10. The number of hydrogen-bond acceptors (Lipinski definition) is 7. The maximum Gasteiger partial charge on any atom is 0.447 e. The molecule has 0 radical (unpaired) electrons. The summed E-state index contributed by atoms with van der Waals surface area (Å²) in [6, 6.07) is 4.94. The zero-order chi connectivity index (χ0) is 22.1. The fourth-order valence-electron chi connectivity index (χ4n) is 2.50. The van der Waals surface area contributed by atoms with Gasteiger partial charge in [0.2, 0.25) is 0 Å². The standard InChI is InChI=1S/C18H17F3N6OS2/c1-4-30(23)13-5-11(28-17(2,3)9-22)7-24-16(13)12-8-27-10-25-15(6-14(27)26-12)29-18(19,20)21/h5-8,10,23H,4H2,1-3H3. The molecule has 1 unspecified atom stereocenters. The van der Waals surface area contributed by atoms with E-state index in [4.69, 9.17) is 14.8 Å². The summed E-state index contributed by atoms with van der Waals surface area (Å²) in [7, 11) is -0.926. The molecule has 3 rings (SSSR count). The molecule has 0 aliphatic rings. The van der Waals surface area contributed by atoms with Crippen molar-refractivity contribution in [1.29, 1.82) is 10.0 Å². The zero-order valence-electron chi connectivity index (χ0n) is 16.2. The number of alkyl halides is 3. The van der Waals surface area contributed by atoms with Gasteiger partial charge in [0.1, 0.15) is 40.2 Å². The number of fused-ring (bicyclic) bond motifs is 1. The number of rotatable bonds is 6. The number of ether oxygens (including phenoxy) is 1. The van der Waals surface area contributed by atoms with Crippen LogP contribution in [0.15, 0.2) is 40.8 Å². The molecule has 0 saturated carbocycles. The van der Waals surface area contributed by atoms with Crippen molar-refractivity contribution in [2.24, 2.45) is 0 Å². The van der Waals surface area contributed by atoms with Gasteiger partial charge in [0.25, 0.3) is 0 Å². The normalized spacial score (nSPS) is 13.2. The predicted octanol–water partition coefficient (Wildman–Crippen LogP) is 4.84. The van der Waals surface area contributed by atoms with Gasteiger partial charge in [0.15, 0.2) is 5.60 Å². The van der Waals surface area contributed by atoms with Gasteiger partial charge in [-0.25, -0.2) is 15.0 Å². The van der Waals surface area contributed by atoms with E-state index < -0.39 is 21.8 Å². The lowest BCUT2D eigenvalue weighted by molar-refractivity contribution is -0.0329. The topological polar surface area (TPSA) is 99.9 Å². The van der Waals surface area contributed by atoms with Crippen LogP contribution in [0.1, 0.15) is 20.8 Å². The minimum atomic E-state index is -4.44. The SMILES string of the molecule is CCS(=N)c1cc(OC(C)(C)C#N)cnc1-c1cn2cnc(SC(F)(F)F)cc2n1. The summed E-state index contributed by atoms with van der Waals surface area (Å²) < 4.78 is 53.4. The van der Waals surface area contributed by atoms with Crippen LogP contribution in [0.4, 0.5) is 13.2 Å². The quantitative estimate of drug-likeness (QED) is 0.422. The Hall–Kier alpha value is -2.65. The largest absolute Gasteiger partial charge is 0.471 e. The third-order valence-electron chi connectivity index (χ3n) is 3.81. The third-order valence-corrected chi connectivity index (χ3v) is 5.89. The van der Waals surface area contributed by atoms with Gasteiger partial charge in [-0.3, -0.25) is 9.18 Å². The van der Waals surface area contributed by atoms with Crippen LogP contribution >= 0.6 is 11.8 Å². The highest BCUT2D eigenvalue weighted by Gasteiger charge is 2.30. The summed E-state index contributed by atoms with van der Waals surface area (Å²) in [5, 5.41) is 8.95. The Labute approximate surface area is 177 Å². The molecule has 30 heavy (non-hydrogen) atoms. The number of imidazole rings is 1. The minimum Gasteiger partial charge on any atom is -0.471 e. The molecule has 158 valence electrons. The Balaban J connectivity index is 2.04. The maximum atomic E-state index is 12.6. The lowest BCUT2D eigenvalue weighted by Gasteiger charge is -2.19. The van der Waals surface area contributed by atoms with Gasteiger partial charge in [-0.2, -0.15) is 18.4 Å². The Morgan fingerprint density at radius 2 is 2.03 bits per heavy atom. The van der Waals surface area contributed by atoms with E-state index in [0.717, 1.165) is 0 Å². The van der Waals surface area contributed by atoms with Crippen LogP contribution in [0.25, 0.3) is 17.0 Å². The molecule has 0 aliphatic carbocycles. The molecule has 3 heterocycles. The Morgan fingerprint density at radius 1 is 1.30 bits per heavy atom. The number of thioether (sulfide) groups is 1. The van der Waals surface area contributed by atoms with E-state index in [0.29, 0.717) is 27.8 Å². The van der Waals surface area contributed by atoms with Crippen LogP contribution in [0.5, 0.6) is 5.75 Å². The molecule has 0 aliphatic heterocycles. The van der Waals surface area contributed by atoms with Crippen molar-refractivity contribution in [1.82, 2.24) is 19.4 Å². The summed E-state index contributed by atoms with van der Waals surface area (Å²) in [5.41, 5.74) is -4.37. The van der Waals surface area contributed by atoms with Crippen molar-refractivity contribution in [2.45, 2.75) is 41.8 Å². The molecule has 0 amide bonds. The molecule has 0 bridgehead atoms. The molecule has 0 spiro atoms. The van der Waals surface area contributed by atoms with Crippen LogP contribution < -0.4 is 4.74 Å². The van der Waals surface area contributed by atoms with Crippen LogP contribution in [-0.4, -0.2) is 36.2 Å². The average molecular weight is 455 g/mol. The average Bonchev–Trinajstić information content (AvgIpc) is 3.08. The van der Waals surface area contributed by atoms with Gasteiger partial charge >= 0.3 is 5.51 Å². The first kappa shape index (κ1) is 22.0. The fourth-order valence-corrected chi connectivity index (χ4v) is 3.96. The molecule has 3 aromatic rings. The first-order valence-corrected chi connectivity index (χ1v) is 10.9. The van der Waals surface area contributed by atoms with Crippen molar-refractivity contribution in [3.8, 4) is 23.2 Å². The van der Waals surface area contributed by atoms with Gasteiger partial charge < -0.3 is 4.74 Å². The molecule has 3 aromatic heterocycles. The smallest absolute Gasteiger partial charge is 0.447 e. The van der Waals surface area contributed by atoms with E-state index in [1.165, 1.54) is 23.0 Å². The van der Waals surface area contributed by atoms with Gasteiger partial charge in [-0.1, -0.05) is 17.6 Å². The van der Waals surface area contributed by atoms with E-state index in [2.05, 4.69) is 15.0 Å². The number of nitrogens with one attached hydrogen (secondary N) is 1. The molecule has 1 atom stereocenters. The lowest BCUT2D eigenvalue weighted by atomic mass is 10.2. The van der Waals surface area contributed by atoms with Crippen molar-refractivity contribution in [3.63, 3.8) is 0 Å². The number of nitrogens with zero attached hydrogens (tertiary/aromatic N) is 5. The minimum absolute atomic E-state index is 0.211. The monoisotopic (exact) mass is 454 g/mol. The molecule has 0 fully saturated rings. The van der Waals surface area contributed by atoms with Gasteiger partial charge in [0.05, 0.1) is 6.20 Å². The second-order valence-corrected chi connectivity index (χ2v) is 9.47. The molecular formula is C18H17F3N6OS2. The molecule has 12 heteroatoms. The van der Waals surface area contributed by atoms with Crippen molar-refractivity contribution >= 4 is 28.1 Å². The molecule has 0 saturated heterocycles. The number of nitriles is 1. The Morgan fingerprint density at radius 3 is 2.67 bits per heavy atom. The highest BCUT2D eigenvalue weighted by molar-refractivity contribution is 8.00. The summed E-state index contributed by atoms with van der Waals surface area (Å²) in [5.74, 6) is 0.883. The predicted molar refractivity (Wildman–Crippen MR) is 107 cm³/mol. The second kappa shape index (κ2) is 8.23. The number of halogens is 3. The van der Waals surface area contributed by atoms with E-state index in [1.807, 2.05) is 13.0 Å². The van der Waals surface area contributed by atoms with E-state index in [9.17, 15) is 13.2 Å². The van der Waals surface area contributed by atoms with E-state index in [1.54, 1.807) is 26.1 Å². The summed E-state index contributed by atoms with van der Waals surface area (Å²) in [4.78, 5) is 13.1. The first-order valence-electron chi connectivity index (χ1n) is 8.64. The molecular weight excluding hydrogens is 437 g/mol. The van der Waals surface area contributed by atoms with Gasteiger partial charge in [-0.15, -0.1) is 0 Å². The van der Waals surface area contributed by atoms with Crippen LogP contribution in [0.2, 0.25) is 0 Å². The van der Waals surface area contributed by atoms with Crippen LogP contribution in [0.3, 0.4) is 0 Å². The number of hydrogen-bond donors (Lipinski definition) is 1. The maximum absolute atomic E-state index is 12.6. The molecule has 7 nitrogen and oxygen atoms in total. The van der Waals surface area contributed by atoms with Crippen LogP contribution in [0, 0.1) is 16.1 Å². The number of pyridine rings is 1. The third kappa shape index (κ3) is 5.09. The molecule has 1 N–H and O–H groups in total. The Kier molecular flexibility index (Phi) is 6.05. The lowest BCUT2D eigenvalue weighted by Crippen LogP contribution is -2.25. The van der Waals surface area contributed by atoms with Crippen molar-refractivity contribution in [2.75, 3.05) is 5.75 Å².